The normalized spacial score (nSPS) is 11.3. The zero-order valence-electron chi connectivity index (χ0n) is 14.4. The number of rotatable bonds is 3. The SMILES string of the molecule is Bc1ccc(C(C)(c2ccc(B)cc2)c2ccc(B)cc2)cc1. The maximum atomic E-state index is 2.33. The number of benzene rings is 3. The molecular formula is C20H21B3. The molecule has 3 heteroatoms. The van der Waals surface area contributed by atoms with Crippen LogP contribution in [-0.4, -0.2) is 23.5 Å². The fourth-order valence-electron chi connectivity index (χ4n) is 3.16. The fourth-order valence-corrected chi connectivity index (χ4v) is 3.16. The lowest BCUT2D eigenvalue weighted by Gasteiger charge is -2.32. The minimum Gasteiger partial charge on any atom is -0.0889 e. The van der Waals surface area contributed by atoms with Gasteiger partial charge in [0.05, 0.1) is 0 Å². The van der Waals surface area contributed by atoms with Crippen molar-refractivity contribution >= 4 is 39.9 Å². The molecule has 0 saturated heterocycles. The Morgan fingerprint density at radius 1 is 0.478 bits per heavy atom. The first-order chi connectivity index (χ1) is 11.0. The maximum absolute atomic E-state index is 2.33. The molecule has 0 radical (unpaired) electrons. The first kappa shape index (κ1) is 15.7. The summed E-state index contributed by atoms with van der Waals surface area (Å²) in [6, 6.07) is 26.8. The Hall–Kier alpha value is -2.15. The zero-order chi connectivity index (χ0) is 16.4. The van der Waals surface area contributed by atoms with E-state index in [1.54, 1.807) is 0 Å². The molecule has 3 rings (SSSR count). The lowest BCUT2D eigenvalue weighted by Crippen LogP contribution is -2.27. The van der Waals surface area contributed by atoms with Gasteiger partial charge < -0.3 is 0 Å². The van der Waals surface area contributed by atoms with Crippen LogP contribution >= 0.6 is 0 Å². The van der Waals surface area contributed by atoms with Crippen LogP contribution in [0.1, 0.15) is 23.6 Å². The average molecular weight is 294 g/mol. The lowest BCUT2D eigenvalue weighted by atomic mass is 9.70. The summed E-state index contributed by atoms with van der Waals surface area (Å²) in [4.78, 5) is 0. The number of hydrogen-bond donors (Lipinski definition) is 0. The van der Waals surface area contributed by atoms with Crippen molar-refractivity contribution in [1.82, 2.24) is 0 Å². The largest absolute Gasteiger partial charge is 0.139 e. The van der Waals surface area contributed by atoms with Crippen LogP contribution in [0.4, 0.5) is 0 Å². The van der Waals surface area contributed by atoms with Gasteiger partial charge in [-0.2, -0.15) is 0 Å². The summed E-state index contributed by atoms with van der Waals surface area (Å²) >= 11 is 0. The smallest absolute Gasteiger partial charge is 0.0889 e. The zero-order valence-corrected chi connectivity index (χ0v) is 14.4. The van der Waals surface area contributed by atoms with Crippen molar-refractivity contribution in [1.29, 1.82) is 0 Å². The van der Waals surface area contributed by atoms with Crippen LogP contribution in [-0.2, 0) is 5.41 Å². The van der Waals surface area contributed by atoms with E-state index in [0.29, 0.717) is 0 Å². The van der Waals surface area contributed by atoms with Crippen molar-refractivity contribution < 1.29 is 0 Å². The molecule has 0 atom stereocenters. The minimum absolute atomic E-state index is 0.144. The van der Waals surface area contributed by atoms with Crippen LogP contribution in [0.25, 0.3) is 0 Å². The molecule has 23 heavy (non-hydrogen) atoms. The van der Waals surface area contributed by atoms with Crippen molar-refractivity contribution in [3.63, 3.8) is 0 Å². The summed E-state index contributed by atoms with van der Waals surface area (Å²) in [7, 11) is 6.41. The van der Waals surface area contributed by atoms with Crippen LogP contribution in [0.5, 0.6) is 0 Å². The summed E-state index contributed by atoms with van der Waals surface area (Å²) in [5, 5.41) is 0. The van der Waals surface area contributed by atoms with Gasteiger partial charge in [-0.25, -0.2) is 0 Å². The Labute approximate surface area is 142 Å². The molecule has 0 bridgehead atoms. The third-order valence-corrected chi connectivity index (χ3v) is 4.89. The van der Waals surface area contributed by atoms with Gasteiger partial charge in [-0.3, -0.25) is 0 Å². The van der Waals surface area contributed by atoms with Crippen LogP contribution < -0.4 is 16.4 Å². The molecule has 0 unspecified atom stereocenters. The lowest BCUT2D eigenvalue weighted by molar-refractivity contribution is 0.693. The Bertz CT molecular complexity index is 677. The van der Waals surface area contributed by atoms with E-state index in [2.05, 4.69) is 103 Å². The first-order valence-electron chi connectivity index (χ1n) is 8.21. The van der Waals surface area contributed by atoms with Crippen LogP contribution in [0, 0.1) is 0 Å². The van der Waals surface area contributed by atoms with E-state index in [1.165, 1.54) is 33.1 Å². The third kappa shape index (κ3) is 3.01. The summed E-state index contributed by atoms with van der Waals surface area (Å²) in [6.07, 6.45) is 0. The van der Waals surface area contributed by atoms with Gasteiger partial charge in [0.2, 0.25) is 0 Å². The van der Waals surface area contributed by atoms with Gasteiger partial charge in [0, 0.05) is 5.41 Å². The molecule has 0 nitrogen and oxygen atoms in total. The molecule has 0 saturated carbocycles. The molecule has 0 aromatic heterocycles. The van der Waals surface area contributed by atoms with Gasteiger partial charge in [0.25, 0.3) is 0 Å². The van der Waals surface area contributed by atoms with Crippen LogP contribution in [0.15, 0.2) is 72.8 Å². The van der Waals surface area contributed by atoms with E-state index >= 15 is 0 Å². The average Bonchev–Trinajstić information content (AvgIpc) is 2.56. The first-order valence-corrected chi connectivity index (χ1v) is 8.21. The highest BCUT2D eigenvalue weighted by Gasteiger charge is 2.30. The van der Waals surface area contributed by atoms with E-state index in [-0.39, 0.29) is 5.41 Å². The fraction of sp³-hybridized carbons (Fsp3) is 0.100. The molecule has 0 aliphatic heterocycles. The van der Waals surface area contributed by atoms with E-state index in [1.807, 2.05) is 0 Å². The molecule has 0 spiro atoms. The highest BCUT2D eigenvalue weighted by Crippen LogP contribution is 2.37. The highest BCUT2D eigenvalue weighted by atomic mass is 14.3. The van der Waals surface area contributed by atoms with Crippen molar-refractivity contribution in [2.24, 2.45) is 0 Å². The van der Waals surface area contributed by atoms with E-state index in [4.69, 9.17) is 0 Å². The molecular weight excluding hydrogens is 273 g/mol. The molecule has 3 aromatic carbocycles. The molecule has 0 N–H and O–H groups in total. The van der Waals surface area contributed by atoms with Crippen LogP contribution in [0.3, 0.4) is 0 Å². The molecule has 3 aromatic rings. The Balaban J connectivity index is 2.21. The van der Waals surface area contributed by atoms with Gasteiger partial charge in [0.1, 0.15) is 23.5 Å². The van der Waals surface area contributed by atoms with Gasteiger partial charge in [-0.15, -0.1) is 0 Å². The van der Waals surface area contributed by atoms with Gasteiger partial charge in [-0.1, -0.05) is 89.2 Å². The van der Waals surface area contributed by atoms with E-state index < -0.39 is 0 Å². The second-order valence-corrected chi connectivity index (χ2v) is 6.72. The predicted octanol–water partition coefficient (Wildman–Crippen LogP) is -0.184. The quantitative estimate of drug-likeness (QED) is 0.464. The maximum Gasteiger partial charge on any atom is 0.139 e. The molecule has 0 aliphatic carbocycles. The monoisotopic (exact) mass is 294 g/mol. The standard InChI is InChI=1S/C20H21B3/c1-20(14-2-8-17(21)9-3-14,15-4-10-18(22)11-5-15)16-6-12-19(23)13-7-16/h2-13H,21-23H2,1H3. The number of hydrogen-bond acceptors (Lipinski definition) is 0. The summed E-state index contributed by atoms with van der Waals surface area (Å²) in [5.74, 6) is 0. The van der Waals surface area contributed by atoms with Crippen molar-refractivity contribution in [2.45, 2.75) is 12.3 Å². The topological polar surface area (TPSA) is 0 Å². The van der Waals surface area contributed by atoms with E-state index in [9.17, 15) is 0 Å². The minimum atomic E-state index is -0.144. The summed E-state index contributed by atoms with van der Waals surface area (Å²) < 4.78 is 0. The van der Waals surface area contributed by atoms with Crippen molar-refractivity contribution in [3.05, 3.63) is 89.5 Å². The van der Waals surface area contributed by atoms with Crippen LogP contribution in [0.2, 0.25) is 0 Å². The molecule has 0 aliphatic rings. The second-order valence-electron chi connectivity index (χ2n) is 6.72. The van der Waals surface area contributed by atoms with Gasteiger partial charge in [0.15, 0.2) is 0 Å². The van der Waals surface area contributed by atoms with Crippen molar-refractivity contribution in [2.75, 3.05) is 0 Å². The third-order valence-electron chi connectivity index (χ3n) is 4.89. The second kappa shape index (κ2) is 6.16. The highest BCUT2D eigenvalue weighted by molar-refractivity contribution is 6.32. The van der Waals surface area contributed by atoms with E-state index in [0.717, 1.165) is 0 Å². The molecule has 0 heterocycles. The van der Waals surface area contributed by atoms with Gasteiger partial charge in [-0.05, 0) is 23.6 Å². The van der Waals surface area contributed by atoms with Gasteiger partial charge >= 0.3 is 0 Å². The predicted molar refractivity (Wildman–Crippen MR) is 109 cm³/mol. The molecule has 110 valence electrons. The molecule has 0 fully saturated rings. The Morgan fingerprint density at radius 2 is 0.696 bits per heavy atom. The molecule has 0 amide bonds. The summed E-state index contributed by atoms with van der Waals surface area (Å²) in [5.41, 5.74) is 7.73. The Morgan fingerprint density at radius 3 is 0.913 bits per heavy atom. The Kier molecular flexibility index (Phi) is 4.21. The summed E-state index contributed by atoms with van der Waals surface area (Å²) in [6.45, 7) is 2.33. The van der Waals surface area contributed by atoms with Crippen molar-refractivity contribution in [3.8, 4) is 0 Å².